The summed E-state index contributed by atoms with van der Waals surface area (Å²) in [5, 5.41) is 6.26. The van der Waals surface area contributed by atoms with Crippen molar-refractivity contribution in [3.63, 3.8) is 0 Å². The minimum atomic E-state index is -4.29. The number of sulfonamides is 1. The molecule has 1 aliphatic heterocycles. The van der Waals surface area contributed by atoms with Crippen LogP contribution in [0.3, 0.4) is 0 Å². The topological polar surface area (TPSA) is 195 Å². The van der Waals surface area contributed by atoms with Gasteiger partial charge in [0.1, 0.15) is 41.3 Å². The molecular formula is C47H54N6O9S. The summed E-state index contributed by atoms with van der Waals surface area (Å²) >= 11 is 0. The number of aromatic nitrogens is 2. The summed E-state index contributed by atoms with van der Waals surface area (Å²) in [5.74, 6) is -2.10. The monoisotopic (exact) mass is 878 g/mol. The lowest BCUT2D eigenvalue weighted by atomic mass is 9.95. The van der Waals surface area contributed by atoms with Gasteiger partial charge >= 0.3 is 6.09 Å². The predicted octanol–water partition coefficient (Wildman–Crippen LogP) is 5.79. The van der Waals surface area contributed by atoms with Gasteiger partial charge in [-0.3, -0.25) is 19.4 Å². The molecule has 5 atom stereocenters. The smallest absolute Gasteiger partial charge is 0.408 e. The molecule has 332 valence electrons. The number of likely N-dealkylation sites (tertiary alicyclic amines) is 1. The fourth-order valence-electron chi connectivity index (χ4n) is 9.03. The summed E-state index contributed by atoms with van der Waals surface area (Å²) in [5.41, 5.74) is 2.48. The number of methoxy groups -OCH3 is 1. The lowest BCUT2D eigenvalue weighted by Crippen LogP contribution is -2.59. The Morgan fingerprint density at radius 2 is 1.68 bits per heavy atom. The number of pyridine rings is 2. The normalized spacial score (nSPS) is 22.5. The largest absolute Gasteiger partial charge is 0.497 e. The van der Waals surface area contributed by atoms with Crippen molar-refractivity contribution in [2.75, 3.05) is 13.7 Å². The zero-order valence-corrected chi connectivity index (χ0v) is 36.6. The van der Waals surface area contributed by atoms with Crippen molar-refractivity contribution >= 4 is 44.7 Å². The number of benzene rings is 2. The van der Waals surface area contributed by atoms with Crippen molar-refractivity contribution in [1.29, 1.82) is 0 Å². The molecule has 3 N–H and O–H groups in total. The van der Waals surface area contributed by atoms with Gasteiger partial charge in [0.25, 0.3) is 15.9 Å². The van der Waals surface area contributed by atoms with Crippen molar-refractivity contribution in [3.8, 4) is 22.9 Å². The number of rotatable bonds is 14. The Kier molecular flexibility index (Phi) is 12.5. The van der Waals surface area contributed by atoms with Crippen molar-refractivity contribution in [2.24, 2.45) is 11.8 Å². The molecule has 63 heavy (non-hydrogen) atoms. The fourth-order valence-corrected chi connectivity index (χ4v) is 10.1. The first-order chi connectivity index (χ1) is 30.3. The van der Waals surface area contributed by atoms with E-state index < -0.39 is 69.4 Å². The van der Waals surface area contributed by atoms with Crippen molar-refractivity contribution in [1.82, 2.24) is 30.2 Å². The van der Waals surface area contributed by atoms with Crippen LogP contribution in [0.2, 0.25) is 0 Å². The minimum Gasteiger partial charge on any atom is -0.497 e. The Morgan fingerprint density at radius 3 is 2.40 bits per heavy atom. The SMILES string of the molecule is C=C[C@@H]1C[C@]1(NC(=O)[C@@H]1C[C@@H](Oc2cc(-c3ccc4c(n3)CCCC4)nc3cc(OC)ccc23)CN1C(=O)[C@@H](NC(=O)OC1CCCC1)C(C)C)C(=O)NS(=O)(=O)c1ccccc1. The van der Waals surface area contributed by atoms with Crippen LogP contribution in [0.15, 0.2) is 84.3 Å². The Hall–Kier alpha value is -6.03. The molecule has 2 aromatic carbocycles. The number of fused-ring (bicyclic) bond motifs is 2. The van der Waals surface area contributed by atoms with Crippen LogP contribution in [0.1, 0.15) is 76.5 Å². The van der Waals surface area contributed by atoms with E-state index in [1.807, 2.05) is 24.3 Å². The quantitative estimate of drug-likeness (QED) is 0.130. The molecule has 3 heterocycles. The highest BCUT2D eigenvalue weighted by Gasteiger charge is 2.61. The third-order valence-electron chi connectivity index (χ3n) is 12.7. The highest BCUT2D eigenvalue weighted by Crippen LogP contribution is 2.45. The number of hydrogen-bond acceptors (Lipinski definition) is 11. The van der Waals surface area contributed by atoms with E-state index in [2.05, 4.69) is 28.0 Å². The number of alkyl carbamates (subject to hydrolysis) is 1. The van der Waals surface area contributed by atoms with Crippen LogP contribution in [-0.2, 0) is 42.0 Å². The van der Waals surface area contributed by atoms with Gasteiger partial charge in [-0.2, -0.15) is 0 Å². The summed E-state index contributed by atoms with van der Waals surface area (Å²) in [6.45, 7) is 7.34. The van der Waals surface area contributed by atoms with Gasteiger partial charge in [-0.25, -0.2) is 22.9 Å². The molecule has 2 saturated carbocycles. The van der Waals surface area contributed by atoms with Crippen LogP contribution in [-0.4, -0.2) is 90.6 Å². The lowest BCUT2D eigenvalue weighted by molar-refractivity contribution is -0.141. The maximum Gasteiger partial charge on any atom is 0.408 e. The van der Waals surface area contributed by atoms with E-state index in [-0.39, 0.29) is 30.4 Å². The van der Waals surface area contributed by atoms with Gasteiger partial charge in [0.15, 0.2) is 0 Å². The summed E-state index contributed by atoms with van der Waals surface area (Å²) in [6, 6.07) is 16.5. The van der Waals surface area contributed by atoms with Gasteiger partial charge in [0.2, 0.25) is 11.8 Å². The van der Waals surface area contributed by atoms with E-state index >= 15 is 0 Å². The second-order valence-corrected chi connectivity index (χ2v) is 19.0. The minimum absolute atomic E-state index is 0.0000768. The molecule has 16 heteroatoms. The van der Waals surface area contributed by atoms with E-state index in [1.165, 1.54) is 40.8 Å². The number of hydrogen-bond donors (Lipinski definition) is 3. The highest BCUT2D eigenvalue weighted by molar-refractivity contribution is 7.90. The molecule has 4 aliphatic rings. The molecule has 15 nitrogen and oxygen atoms in total. The number of carbonyl (C=O) groups excluding carboxylic acids is 4. The van der Waals surface area contributed by atoms with Crippen LogP contribution in [0.25, 0.3) is 22.3 Å². The van der Waals surface area contributed by atoms with Gasteiger partial charge < -0.3 is 29.7 Å². The van der Waals surface area contributed by atoms with E-state index in [0.29, 0.717) is 33.8 Å². The summed E-state index contributed by atoms with van der Waals surface area (Å²) < 4.78 is 46.6. The van der Waals surface area contributed by atoms with Crippen LogP contribution >= 0.6 is 0 Å². The van der Waals surface area contributed by atoms with Crippen LogP contribution in [0.4, 0.5) is 4.79 Å². The van der Waals surface area contributed by atoms with E-state index in [4.69, 9.17) is 24.2 Å². The van der Waals surface area contributed by atoms with Gasteiger partial charge in [0.05, 0.1) is 35.5 Å². The number of nitrogens with one attached hydrogen (secondary N) is 3. The van der Waals surface area contributed by atoms with Crippen LogP contribution < -0.4 is 24.8 Å². The Balaban J connectivity index is 1.10. The van der Waals surface area contributed by atoms with E-state index in [1.54, 1.807) is 33.1 Å². The average molecular weight is 879 g/mol. The van der Waals surface area contributed by atoms with Crippen molar-refractivity contribution in [3.05, 3.63) is 90.6 Å². The second-order valence-electron chi connectivity index (χ2n) is 17.3. The van der Waals surface area contributed by atoms with Gasteiger partial charge in [-0.05, 0) is 99.6 Å². The van der Waals surface area contributed by atoms with Gasteiger partial charge in [-0.15, -0.1) is 6.58 Å². The van der Waals surface area contributed by atoms with Gasteiger partial charge in [0, 0.05) is 35.6 Å². The third kappa shape index (κ3) is 9.22. The third-order valence-corrected chi connectivity index (χ3v) is 14.0. The number of ether oxygens (including phenoxy) is 3. The van der Waals surface area contributed by atoms with Gasteiger partial charge in [-0.1, -0.05) is 44.2 Å². The van der Waals surface area contributed by atoms with Crippen molar-refractivity contribution in [2.45, 2.75) is 113 Å². The molecule has 4 aromatic rings. The fraction of sp³-hybridized carbons (Fsp3) is 0.447. The Bertz CT molecular complexity index is 2530. The van der Waals surface area contributed by atoms with E-state index in [9.17, 15) is 27.6 Å². The molecule has 3 fully saturated rings. The number of aryl methyl sites for hydroxylation is 2. The van der Waals surface area contributed by atoms with Crippen LogP contribution in [0.5, 0.6) is 11.5 Å². The molecular weight excluding hydrogens is 825 g/mol. The predicted molar refractivity (Wildman–Crippen MR) is 234 cm³/mol. The molecule has 2 aromatic heterocycles. The summed E-state index contributed by atoms with van der Waals surface area (Å²) in [7, 11) is -2.71. The first-order valence-electron chi connectivity index (χ1n) is 21.8. The van der Waals surface area contributed by atoms with E-state index in [0.717, 1.165) is 57.1 Å². The molecule has 0 spiro atoms. The maximum absolute atomic E-state index is 14.7. The zero-order valence-electron chi connectivity index (χ0n) is 35.8. The number of amides is 4. The lowest BCUT2D eigenvalue weighted by Gasteiger charge is -2.31. The summed E-state index contributed by atoms with van der Waals surface area (Å²) in [4.78, 5) is 67.6. The molecule has 1 saturated heterocycles. The zero-order chi connectivity index (χ0) is 44.5. The molecule has 0 radical (unpaired) electrons. The second kappa shape index (κ2) is 18.0. The standard InChI is InChI=1S/C47H54N6O9S/c1-5-30-26-47(30,45(56)52-63(58,59)34-16-7-6-8-17-34)51-43(54)40-24-33(27-53(40)44(55)42(28(2)3)50-46(57)62-31-14-10-11-15-31)61-41-25-39(49-38-23-32(60-4)20-21-35(38)41)37-22-19-29-13-9-12-18-36(29)48-37/h5-8,16-17,19-23,25,28,30-31,33,40,42H,1,9-15,18,24,26-27H2,2-4H3,(H,50,57)(H,51,54)(H,52,56)/t30-,33-,40+,42+,47-/m1/s1. The molecule has 8 rings (SSSR count). The Morgan fingerprint density at radius 1 is 0.921 bits per heavy atom. The van der Waals surface area contributed by atoms with Crippen molar-refractivity contribution < 1.29 is 41.8 Å². The Labute approximate surface area is 367 Å². The maximum atomic E-state index is 14.7. The molecule has 4 amide bonds. The number of nitrogens with zero attached hydrogens (tertiary/aromatic N) is 3. The molecule has 0 unspecified atom stereocenters. The molecule has 3 aliphatic carbocycles. The molecule has 0 bridgehead atoms. The first-order valence-corrected chi connectivity index (χ1v) is 23.3. The summed E-state index contributed by atoms with van der Waals surface area (Å²) in [6.07, 6.45) is 7.31. The van der Waals surface area contributed by atoms with Crippen LogP contribution in [0, 0.1) is 11.8 Å². The highest BCUT2D eigenvalue weighted by atomic mass is 32.2. The number of carbonyl (C=O) groups is 4. The first kappa shape index (κ1) is 43.6. The average Bonchev–Trinajstić information content (AvgIpc) is 3.52.